The Morgan fingerprint density at radius 2 is 1.80 bits per heavy atom. The van der Waals surface area contributed by atoms with Crippen molar-refractivity contribution in [2.45, 2.75) is 13.5 Å². The maximum absolute atomic E-state index is 13.8. The van der Waals surface area contributed by atoms with Gasteiger partial charge in [-0.3, -0.25) is 9.59 Å². The van der Waals surface area contributed by atoms with Crippen LogP contribution in [0.4, 0.5) is 10.1 Å². The van der Waals surface area contributed by atoms with E-state index in [4.69, 9.17) is 9.40 Å². The molecule has 3 heterocycles. The van der Waals surface area contributed by atoms with Gasteiger partial charge in [-0.15, -0.1) is 0 Å². The highest BCUT2D eigenvalue weighted by atomic mass is 79.9. The Morgan fingerprint density at radius 1 is 1.00 bits per heavy atom. The summed E-state index contributed by atoms with van der Waals surface area (Å²) in [6, 6.07) is 28.0. The lowest BCUT2D eigenvalue weighted by Gasteiger charge is -2.10. The average molecular weight is 648 g/mol. The Hall–Kier alpha value is -5.35. The van der Waals surface area contributed by atoms with Crippen molar-refractivity contribution in [1.82, 2.24) is 14.2 Å². The van der Waals surface area contributed by atoms with Gasteiger partial charge in [0, 0.05) is 37.7 Å². The highest BCUT2D eigenvalue weighted by Gasteiger charge is 2.19. The predicted molar refractivity (Wildman–Crippen MR) is 174 cm³/mol. The van der Waals surface area contributed by atoms with Crippen LogP contribution >= 0.6 is 15.9 Å². The number of benzene rings is 4. The summed E-state index contributed by atoms with van der Waals surface area (Å²) in [4.78, 5) is 31.5. The van der Waals surface area contributed by atoms with Crippen LogP contribution < -0.4 is 10.9 Å². The molecule has 0 unspecified atom stereocenters. The van der Waals surface area contributed by atoms with E-state index in [2.05, 4.69) is 26.3 Å². The largest absolute Gasteiger partial charge is 0.453 e. The van der Waals surface area contributed by atoms with Crippen molar-refractivity contribution < 1.29 is 13.6 Å². The van der Waals surface area contributed by atoms with Gasteiger partial charge in [0.1, 0.15) is 17.9 Å². The highest BCUT2D eigenvalue weighted by molar-refractivity contribution is 9.10. The van der Waals surface area contributed by atoms with E-state index < -0.39 is 5.82 Å². The number of carbonyl (C=O) groups is 1. The summed E-state index contributed by atoms with van der Waals surface area (Å²) in [7, 11) is 0. The molecular formula is C34H23BrFN5O3. The number of para-hydroxylation sites is 2. The van der Waals surface area contributed by atoms with E-state index in [1.54, 1.807) is 30.5 Å². The normalized spacial score (nSPS) is 11.7. The second-order valence-electron chi connectivity index (χ2n) is 10.3. The van der Waals surface area contributed by atoms with E-state index in [9.17, 15) is 14.0 Å². The van der Waals surface area contributed by atoms with Gasteiger partial charge in [-0.05, 0) is 67.6 Å². The van der Waals surface area contributed by atoms with E-state index >= 15 is 0 Å². The lowest BCUT2D eigenvalue weighted by Crippen LogP contribution is -2.20. The van der Waals surface area contributed by atoms with E-state index in [0.29, 0.717) is 27.9 Å². The maximum Gasteiger partial charge on any atom is 0.282 e. The van der Waals surface area contributed by atoms with Crippen LogP contribution in [-0.2, 0) is 11.3 Å². The number of nitrogens with one attached hydrogen (secondary N) is 1. The van der Waals surface area contributed by atoms with Crippen LogP contribution in [0.2, 0.25) is 0 Å². The van der Waals surface area contributed by atoms with Gasteiger partial charge in [-0.2, -0.15) is 9.78 Å². The van der Waals surface area contributed by atoms with Crippen molar-refractivity contribution in [1.29, 1.82) is 0 Å². The predicted octanol–water partition coefficient (Wildman–Crippen LogP) is 7.50. The van der Waals surface area contributed by atoms with Gasteiger partial charge in [0.15, 0.2) is 5.76 Å². The molecule has 8 nitrogen and oxygen atoms in total. The van der Waals surface area contributed by atoms with Gasteiger partial charge < -0.3 is 14.3 Å². The van der Waals surface area contributed by atoms with Crippen molar-refractivity contribution in [2.75, 3.05) is 5.32 Å². The number of hydrogen-bond donors (Lipinski definition) is 1. The third-order valence-electron chi connectivity index (χ3n) is 7.44. The zero-order chi connectivity index (χ0) is 30.4. The van der Waals surface area contributed by atoms with Crippen molar-refractivity contribution in [3.63, 3.8) is 0 Å². The van der Waals surface area contributed by atoms with E-state index in [1.165, 1.54) is 22.9 Å². The van der Waals surface area contributed by atoms with Crippen LogP contribution in [0, 0.1) is 12.7 Å². The first kappa shape index (κ1) is 27.5. The lowest BCUT2D eigenvalue weighted by atomic mass is 10.1. The number of amides is 1. The molecule has 3 aromatic heterocycles. The summed E-state index contributed by atoms with van der Waals surface area (Å²) >= 11 is 3.49. The second-order valence-corrected chi connectivity index (χ2v) is 11.2. The molecule has 0 aliphatic rings. The third-order valence-corrected chi connectivity index (χ3v) is 7.94. The van der Waals surface area contributed by atoms with Crippen LogP contribution in [-0.4, -0.2) is 26.3 Å². The number of fused-ring (bicyclic) bond motifs is 3. The molecule has 0 saturated carbocycles. The van der Waals surface area contributed by atoms with Crippen LogP contribution in [0.25, 0.3) is 44.4 Å². The molecule has 0 atom stereocenters. The average Bonchev–Trinajstić information content (AvgIpc) is 3.55. The summed E-state index contributed by atoms with van der Waals surface area (Å²) in [5, 5.41) is 9.54. The number of hydrogen-bond acceptors (Lipinski definition) is 5. The highest BCUT2D eigenvalue weighted by Crippen LogP contribution is 2.30. The molecule has 0 spiro atoms. The fourth-order valence-corrected chi connectivity index (χ4v) is 5.74. The third kappa shape index (κ3) is 4.99. The fraction of sp³-hybridized carbons (Fsp3) is 0.0588. The Kier molecular flexibility index (Phi) is 6.90. The van der Waals surface area contributed by atoms with Crippen molar-refractivity contribution in [3.8, 4) is 11.6 Å². The quantitative estimate of drug-likeness (QED) is 0.189. The molecule has 1 amide bonds. The van der Waals surface area contributed by atoms with Crippen LogP contribution in [0.5, 0.6) is 0 Å². The first-order valence-corrected chi connectivity index (χ1v) is 14.5. The fourth-order valence-electron chi connectivity index (χ4n) is 5.37. The number of aromatic nitrogens is 3. The molecule has 7 aromatic rings. The van der Waals surface area contributed by atoms with Gasteiger partial charge in [0.2, 0.25) is 11.7 Å². The van der Waals surface area contributed by atoms with Gasteiger partial charge in [-0.1, -0.05) is 52.3 Å². The molecule has 0 radical (unpaired) electrons. The molecule has 0 fully saturated rings. The van der Waals surface area contributed by atoms with Crippen molar-refractivity contribution in [3.05, 3.63) is 129 Å². The summed E-state index contributed by atoms with van der Waals surface area (Å²) in [6.07, 6.45) is 1.61. The minimum absolute atomic E-state index is 0.00598. The second kappa shape index (κ2) is 11.1. The van der Waals surface area contributed by atoms with Gasteiger partial charge in [-0.25, -0.2) is 9.37 Å². The zero-order valence-corrected chi connectivity index (χ0v) is 24.9. The first-order chi connectivity index (χ1) is 21.4. The molecule has 0 bridgehead atoms. The summed E-state index contributed by atoms with van der Waals surface area (Å²) < 4.78 is 23.8. The number of anilines is 1. The SMILES string of the molecule is Cc1c(C=Nn2c(-c3cc4cc(Br)ccc4o3)nc3ccccc3c2=O)c2ccccc2n1CC(=O)Nc1cccc(F)c1. The Balaban J connectivity index is 1.33. The molecule has 0 aliphatic carbocycles. The number of halogens is 2. The van der Waals surface area contributed by atoms with Crippen LogP contribution in [0.15, 0.2) is 116 Å². The number of furan rings is 1. The number of rotatable bonds is 6. The topological polar surface area (TPSA) is 94.4 Å². The summed E-state index contributed by atoms with van der Waals surface area (Å²) in [5.41, 5.74) is 3.51. The monoisotopic (exact) mass is 647 g/mol. The van der Waals surface area contributed by atoms with E-state index in [-0.39, 0.29) is 23.8 Å². The molecule has 0 saturated heterocycles. The molecule has 216 valence electrons. The Morgan fingerprint density at radius 3 is 2.64 bits per heavy atom. The Bertz CT molecular complexity index is 2340. The van der Waals surface area contributed by atoms with Crippen molar-refractivity contribution >= 4 is 66.5 Å². The van der Waals surface area contributed by atoms with E-state index in [0.717, 1.165) is 32.0 Å². The minimum Gasteiger partial charge on any atom is -0.453 e. The lowest BCUT2D eigenvalue weighted by molar-refractivity contribution is -0.116. The van der Waals surface area contributed by atoms with E-state index in [1.807, 2.05) is 66.1 Å². The van der Waals surface area contributed by atoms with Gasteiger partial charge in [0.25, 0.3) is 5.56 Å². The molecule has 4 aromatic carbocycles. The number of carbonyl (C=O) groups excluding carboxylic acids is 1. The maximum atomic E-state index is 13.8. The molecule has 44 heavy (non-hydrogen) atoms. The molecule has 0 aliphatic heterocycles. The first-order valence-electron chi connectivity index (χ1n) is 13.7. The molecule has 7 rings (SSSR count). The standard InChI is InChI=1S/C34H23BrFN5O3/c1-20-27(25-9-3-5-12-29(25)40(20)19-32(42)38-24-8-6-7-23(36)17-24)18-37-41-33(39-28-11-4-2-10-26(28)34(41)43)31-16-21-15-22(35)13-14-30(21)44-31/h2-18H,19H2,1H3,(H,38,42). The molecule has 1 N–H and O–H groups in total. The summed E-state index contributed by atoms with van der Waals surface area (Å²) in [5.74, 6) is -0.0895. The smallest absolute Gasteiger partial charge is 0.282 e. The van der Waals surface area contributed by atoms with Crippen LogP contribution in [0.3, 0.4) is 0 Å². The number of nitrogens with zero attached hydrogens (tertiary/aromatic N) is 4. The summed E-state index contributed by atoms with van der Waals surface area (Å²) in [6.45, 7) is 1.88. The Labute approximate surface area is 258 Å². The minimum atomic E-state index is -0.433. The molecular weight excluding hydrogens is 625 g/mol. The molecule has 10 heteroatoms. The van der Waals surface area contributed by atoms with Crippen molar-refractivity contribution in [2.24, 2.45) is 5.10 Å². The van der Waals surface area contributed by atoms with Crippen LogP contribution in [0.1, 0.15) is 11.3 Å². The van der Waals surface area contributed by atoms with Gasteiger partial charge in [0.05, 0.1) is 17.1 Å². The zero-order valence-electron chi connectivity index (χ0n) is 23.3. The van der Waals surface area contributed by atoms with Gasteiger partial charge >= 0.3 is 0 Å².